The van der Waals surface area contributed by atoms with E-state index in [4.69, 9.17) is 4.98 Å². The number of benzene rings is 1. The minimum Gasteiger partial charge on any atom is -0.253 e. The number of para-hydroxylation sites is 1. The first kappa shape index (κ1) is 14.1. The maximum Gasteiger partial charge on any atom is 0.0705 e. The van der Waals surface area contributed by atoms with E-state index in [9.17, 15) is 0 Å². The van der Waals surface area contributed by atoms with Gasteiger partial charge in [0.05, 0.1) is 5.52 Å². The van der Waals surface area contributed by atoms with Crippen molar-refractivity contribution >= 4 is 26.8 Å². The summed E-state index contributed by atoms with van der Waals surface area (Å²) >= 11 is 3.96. The Balaban J connectivity index is 1.78. The van der Waals surface area contributed by atoms with Crippen LogP contribution in [0.1, 0.15) is 44.7 Å². The highest BCUT2D eigenvalue weighted by Crippen LogP contribution is 2.43. The summed E-state index contributed by atoms with van der Waals surface area (Å²) in [7, 11) is 0. The summed E-state index contributed by atoms with van der Waals surface area (Å²) in [6.45, 7) is 2.44. The number of nitrogens with zero attached hydrogens (tertiary/aromatic N) is 1. The minimum absolute atomic E-state index is 0.436. The van der Waals surface area contributed by atoms with Crippen molar-refractivity contribution in [2.75, 3.05) is 0 Å². The average molecular weight is 332 g/mol. The summed E-state index contributed by atoms with van der Waals surface area (Å²) in [5.74, 6) is 0. The van der Waals surface area contributed by atoms with Crippen LogP contribution in [0.3, 0.4) is 0 Å². The minimum atomic E-state index is 0.436. The molecule has 0 saturated heterocycles. The quantitative estimate of drug-likeness (QED) is 0.675. The van der Waals surface area contributed by atoms with E-state index in [1.807, 2.05) is 0 Å². The van der Waals surface area contributed by atoms with Crippen LogP contribution in [0.2, 0.25) is 0 Å². The van der Waals surface area contributed by atoms with Crippen molar-refractivity contribution in [1.29, 1.82) is 0 Å². The van der Waals surface area contributed by atoms with Crippen LogP contribution in [0.5, 0.6) is 0 Å². The first-order valence-electron chi connectivity index (χ1n) is 7.66. The van der Waals surface area contributed by atoms with Crippen molar-refractivity contribution in [1.82, 2.24) is 4.98 Å². The fourth-order valence-electron chi connectivity index (χ4n) is 3.32. The molecule has 2 heteroatoms. The monoisotopic (exact) mass is 331 g/mol. The molecule has 0 amide bonds. The zero-order valence-corrected chi connectivity index (χ0v) is 13.7. The van der Waals surface area contributed by atoms with E-state index in [2.05, 4.69) is 59.3 Å². The summed E-state index contributed by atoms with van der Waals surface area (Å²) < 4.78 is 0. The molecule has 1 aromatic carbocycles. The predicted octanol–water partition coefficient (Wildman–Crippen LogP) is 5.51. The fraction of sp³-hybridized carbons (Fsp3) is 0.500. The molecule has 0 N–H and O–H groups in total. The fourth-order valence-corrected chi connectivity index (χ4v) is 4.11. The molecule has 1 saturated carbocycles. The molecule has 1 fully saturated rings. The Hall–Kier alpha value is -0.890. The van der Waals surface area contributed by atoms with Gasteiger partial charge in [0.1, 0.15) is 0 Å². The number of pyridine rings is 1. The van der Waals surface area contributed by atoms with E-state index < -0.39 is 0 Å². The maximum absolute atomic E-state index is 4.81. The molecule has 1 aliphatic carbocycles. The molecule has 0 aliphatic heterocycles. The molecular formula is C18H22BrN. The summed E-state index contributed by atoms with van der Waals surface area (Å²) in [6.07, 6.45) is 7.88. The number of hydrogen-bond donors (Lipinski definition) is 0. The molecule has 1 unspecified atom stereocenters. The van der Waals surface area contributed by atoms with Gasteiger partial charge in [-0.25, -0.2) is 0 Å². The van der Waals surface area contributed by atoms with Gasteiger partial charge < -0.3 is 0 Å². The Labute approximate surface area is 129 Å². The first-order chi connectivity index (χ1) is 9.67. The van der Waals surface area contributed by atoms with E-state index in [0.717, 1.165) is 11.9 Å². The Morgan fingerprint density at radius 3 is 2.65 bits per heavy atom. The highest BCUT2D eigenvalue weighted by molar-refractivity contribution is 9.09. The van der Waals surface area contributed by atoms with Crippen molar-refractivity contribution in [3.8, 4) is 0 Å². The van der Waals surface area contributed by atoms with E-state index in [1.165, 1.54) is 43.2 Å². The molecular weight excluding hydrogens is 310 g/mol. The topological polar surface area (TPSA) is 12.9 Å². The second kappa shape index (κ2) is 5.85. The third kappa shape index (κ3) is 2.90. The van der Waals surface area contributed by atoms with Gasteiger partial charge in [-0.2, -0.15) is 0 Å². The number of halogens is 1. The van der Waals surface area contributed by atoms with E-state index in [0.29, 0.717) is 10.2 Å². The van der Waals surface area contributed by atoms with E-state index >= 15 is 0 Å². The van der Waals surface area contributed by atoms with Gasteiger partial charge in [-0.15, -0.1) is 0 Å². The van der Waals surface area contributed by atoms with Gasteiger partial charge in [0.2, 0.25) is 0 Å². The molecule has 1 atom stereocenters. The van der Waals surface area contributed by atoms with Crippen molar-refractivity contribution in [2.24, 2.45) is 5.41 Å². The zero-order chi connectivity index (χ0) is 14.0. The van der Waals surface area contributed by atoms with Gasteiger partial charge in [-0.1, -0.05) is 66.4 Å². The number of aromatic nitrogens is 1. The number of rotatable bonds is 3. The van der Waals surface area contributed by atoms with Crippen LogP contribution in [-0.2, 0) is 6.42 Å². The SMILES string of the molecule is CC1(C(Br)Cc2ccc3ccccc3n2)CCCCC1. The van der Waals surface area contributed by atoms with E-state index in [-0.39, 0.29) is 0 Å². The van der Waals surface area contributed by atoms with Crippen LogP contribution < -0.4 is 0 Å². The molecule has 20 heavy (non-hydrogen) atoms. The average Bonchev–Trinajstić information content (AvgIpc) is 2.48. The van der Waals surface area contributed by atoms with Gasteiger partial charge >= 0.3 is 0 Å². The molecule has 0 radical (unpaired) electrons. The number of alkyl halides is 1. The Morgan fingerprint density at radius 1 is 1.10 bits per heavy atom. The normalized spacial score (nSPS) is 19.9. The lowest BCUT2D eigenvalue weighted by Crippen LogP contribution is -2.32. The molecule has 1 heterocycles. The lowest BCUT2D eigenvalue weighted by molar-refractivity contribution is 0.210. The third-order valence-corrected chi connectivity index (χ3v) is 6.23. The summed E-state index contributed by atoms with van der Waals surface area (Å²) in [5.41, 5.74) is 2.75. The van der Waals surface area contributed by atoms with Crippen molar-refractivity contribution in [3.63, 3.8) is 0 Å². The number of hydrogen-bond acceptors (Lipinski definition) is 1. The van der Waals surface area contributed by atoms with Crippen LogP contribution in [0.15, 0.2) is 36.4 Å². The second-order valence-corrected chi connectivity index (χ2v) is 7.49. The van der Waals surface area contributed by atoms with Gasteiger partial charge in [-0.3, -0.25) is 4.98 Å². The summed E-state index contributed by atoms with van der Waals surface area (Å²) in [6, 6.07) is 12.7. The van der Waals surface area contributed by atoms with Crippen LogP contribution >= 0.6 is 15.9 Å². The smallest absolute Gasteiger partial charge is 0.0705 e. The zero-order valence-electron chi connectivity index (χ0n) is 12.1. The molecule has 1 aliphatic rings. The molecule has 2 aromatic rings. The lowest BCUT2D eigenvalue weighted by atomic mass is 9.72. The first-order valence-corrected chi connectivity index (χ1v) is 8.58. The molecule has 0 bridgehead atoms. The second-order valence-electron chi connectivity index (χ2n) is 6.38. The third-order valence-electron chi connectivity index (χ3n) is 4.80. The Bertz CT molecular complexity index is 587. The van der Waals surface area contributed by atoms with Crippen molar-refractivity contribution < 1.29 is 0 Å². The van der Waals surface area contributed by atoms with Crippen molar-refractivity contribution in [3.05, 3.63) is 42.1 Å². The van der Waals surface area contributed by atoms with Crippen LogP contribution in [-0.4, -0.2) is 9.81 Å². The lowest BCUT2D eigenvalue weighted by Gasteiger charge is -2.38. The molecule has 106 valence electrons. The molecule has 0 spiro atoms. The van der Waals surface area contributed by atoms with Gasteiger partial charge in [0.25, 0.3) is 0 Å². The largest absolute Gasteiger partial charge is 0.253 e. The molecule has 1 aromatic heterocycles. The highest BCUT2D eigenvalue weighted by atomic mass is 79.9. The highest BCUT2D eigenvalue weighted by Gasteiger charge is 2.33. The molecule has 3 rings (SSSR count). The van der Waals surface area contributed by atoms with Crippen LogP contribution in [0.25, 0.3) is 10.9 Å². The standard InChI is InChI=1S/C18H22BrN/c1-18(11-5-2-6-12-18)17(19)13-15-10-9-14-7-3-4-8-16(14)20-15/h3-4,7-10,17H,2,5-6,11-13H2,1H3. The van der Waals surface area contributed by atoms with Crippen molar-refractivity contribution in [2.45, 2.75) is 50.3 Å². The van der Waals surface area contributed by atoms with Crippen LogP contribution in [0, 0.1) is 5.41 Å². The molecule has 1 nitrogen and oxygen atoms in total. The predicted molar refractivity (Wildman–Crippen MR) is 89.4 cm³/mol. The summed E-state index contributed by atoms with van der Waals surface area (Å²) in [5, 5.41) is 1.23. The maximum atomic E-state index is 4.81. The summed E-state index contributed by atoms with van der Waals surface area (Å²) in [4.78, 5) is 5.34. The Morgan fingerprint density at radius 2 is 1.85 bits per heavy atom. The van der Waals surface area contributed by atoms with Gasteiger partial charge in [0, 0.05) is 22.3 Å². The van der Waals surface area contributed by atoms with Gasteiger partial charge in [0.15, 0.2) is 0 Å². The van der Waals surface area contributed by atoms with E-state index in [1.54, 1.807) is 0 Å². The van der Waals surface area contributed by atoms with Crippen LogP contribution in [0.4, 0.5) is 0 Å². The number of fused-ring (bicyclic) bond motifs is 1. The van der Waals surface area contributed by atoms with Gasteiger partial charge in [-0.05, 0) is 30.4 Å². The Kier molecular flexibility index (Phi) is 4.11.